The summed E-state index contributed by atoms with van der Waals surface area (Å²) in [6, 6.07) is 1.97. The lowest BCUT2D eigenvalue weighted by Crippen LogP contribution is -2.14. The van der Waals surface area contributed by atoms with Gasteiger partial charge in [0.05, 0.1) is 12.5 Å². The van der Waals surface area contributed by atoms with Crippen molar-refractivity contribution in [3.8, 4) is 6.07 Å². The maximum Gasteiger partial charge on any atom is 0.166 e. The van der Waals surface area contributed by atoms with Crippen molar-refractivity contribution in [1.82, 2.24) is 0 Å². The van der Waals surface area contributed by atoms with Crippen molar-refractivity contribution in [1.29, 1.82) is 5.26 Å². The first-order valence-electron chi connectivity index (χ1n) is 3.84. The van der Waals surface area contributed by atoms with Gasteiger partial charge in [0.25, 0.3) is 0 Å². The van der Waals surface area contributed by atoms with E-state index in [2.05, 4.69) is 0 Å². The molecule has 0 aromatic heterocycles. The third-order valence-corrected chi connectivity index (χ3v) is 1.76. The molecule has 0 amide bonds. The number of nitrogens with zero attached hydrogens (tertiary/aromatic N) is 1. The van der Waals surface area contributed by atoms with E-state index < -0.39 is 29.1 Å². The van der Waals surface area contributed by atoms with E-state index in [-0.39, 0.29) is 6.42 Å². The van der Waals surface area contributed by atoms with E-state index in [0.29, 0.717) is 6.07 Å². The number of hydrogen-bond acceptors (Lipinski definition) is 2. The zero-order valence-electron chi connectivity index (χ0n) is 7.10. The van der Waals surface area contributed by atoms with Gasteiger partial charge >= 0.3 is 0 Å². The van der Waals surface area contributed by atoms with Crippen molar-refractivity contribution in [2.24, 2.45) is 5.73 Å². The summed E-state index contributed by atoms with van der Waals surface area (Å²) in [4.78, 5) is 0. The highest BCUT2D eigenvalue weighted by Gasteiger charge is 2.19. The zero-order valence-corrected chi connectivity index (χ0v) is 7.10. The number of benzene rings is 1. The Balaban J connectivity index is 3.19. The summed E-state index contributed by atoms with van der Waals surface area (Å²) in [5, 5.41) is 8.28. The molecule has 0 heterocycles. The molecule has 2 N–H and O–H groups in total. The molecule has 1 aromatic carbocycles. The highest BCUT2D eigenvalue weighted by molar-refractivity contribution is 5.24. The minimum absolute atomic E-state index is 0.267. The van der Waals surface area contributed by atoms with E-state index in [1.54, 1.807) is 6.07 Å². The van der Waals surface area contributed by atoms with Crippen molar-refractivity contribution in [3.63, 3.8) is 0 Å². The van der Waals surface area contributed by atoms with Gasteiger partial charge in [-0.2, -0.15) is 5.26 Å². The van der Waals surface area contributed by atoms with Crippen LogP contribution in [-0.2, 0) is 0 Å². The van der Waals surface area contributed by atoms with E-state index >= 15 is 0 Å². The van der Waals surface area contributed by atoms with E-state index in [0.717, 1.165) is 6.07 Å². The molecular weight excluding hydrogens is 193 g/mol. The molecule has 2 nitrogen and oxygen atoms in total. The molecule has 0 unspecified atom stereocenters. The molecule has 14 heavy (non-hydrogen) atoms. The zero-order chi connectivity index (χ0) is 10.7. The molecule has 1 aromatic rings. The number of halogens is 3. The Morgan fingerprint density at radius 3 is 2.43 bits per heavy atom. The van der Waals surface area contributed by atoms with Gasteiger partial charge in [0, 0.05) is 11.6 Å². The lowest BCUT2D eigenvalue weighted by atomic mass is 10.0. The highest BCUT2D eigenvalue weighted by atomic mass is 19.2. The largest absolute Gasteiger partial charge is 0.323 e. The summed E-state index contributed by atoms with van der Waals surface area (Å²) < 4.78 is 38.7. The molecule has 74 valence electrons. The Labute approximate surface area is 78.8 Å². The number of rotatable bonds is 2. The summed E-state index contributed by atoms with van der Waals surface area (Å²) in [6.07, 6.45) is -0.267. The van der Waals surface area contributed by atoms with Crippen LogP contribution in [0.3, 0.4) is 0 Å². The van der Waals surface area contributed by atoms with Gasteiger partial charge in [-0.1, -0.05) is 0 Å². The van der Waals surface area contributed by atoms with Gasteiger partial charge in [-0.15, -0.1) is 0 Å². The van der Waals surface area contributed by atoms with Crippen LogP contribution < -0.4 is 5.73 Å². The molecule has 0 aliphatic heterocycles. The molecule has 0 aliphatic rings. The summed E-state index contributed by atoms with van der Waals surface area (Å²) >= 11 is 0. The van der Waals surface area contributed by atoms with Crippen molar-refractivity contribution in [2.75, 3.05) is 0 Å². The lowest BCUT2D eigenvalue weighted by molar-refractivity contribution is 0.466. The molecule has 1 rings (SSSR count). The van der Waals surface area contributed by atoms with Crippen molar-refractivity contribution in [2.45, 2.75) is 12.5 Å². The van der Waals surface area contributed by atoms with E-state index in [9.17, 15) is 13.2 Å². The molecule has 0 spiro atoms. The van der Waals surface area contributed by atoms with Crippen LogP contribution in [0, 0.1) is 28.8 Å². The van der Waals surface area contributed by atoms with Crippen LogP contribution in [0.2, 0.25) is 0 Å². The fourth-order valence-corrected chi connectivity index (χ4v) is 1.08. The van der Waals surface area contributed by atoms with Gasteiger partial charge in [-0.3, -0.25) is 0 Å². The van der Waals surface area contributed by atoms with Gasteiger partial charge in [-0.25, -0.2) is 13.2 Å². The molecule has 1 atom stereocenters. The number of nitrogens with two attached hydrogens (primary N) is 1. The van der Waals surface area contributed by atoms with Gasteiger partial charge in [0.2, 0.25) is 0 Å². The monoisotopic (exact) mass is 200 g/mol. The average molecular weight is 200 g/mol. The quantitative estimate of drug-likeness (QED) is 0.742. The Bertz CT molecular complexity index is 384. The van der Waals surface area contributed by atoms with Crippen molar-refractivity contribution < 1.29 is 13.2 Å². The Morgan fingerprint density at radius 2 is 1.86 bits per heavy atom. The first-order chi connectivity index (χ1) is 6.57. The Morgan fingerprint density at radius 1 is 1.29 bits per heavy atom. The fraction of sp³-hybridized carbons (Fsp3) is 0.222. The summed E-state index contributed by atoms with van der Waals surface area (Å²) in [5.74, 6) is -3.44. The predicted octanol–water partition coefficient (Wildman–Crippen LogP) is 2.02. The molecular formula is C9H7F3N2. The maximum absolute atomic E-state index is 13.0. The Hall–Kier alpha value is -1.54. The normalized spacial score (nSPS) is 12.2. The molecule has 0 radical (unpaired) electrons. The maximum atomic E-state index is 13.0. The van der Waals surface area contributed by atoms with Gasteiger partial charge < -0.3 is 5.73 Å². The third kappa shape index (κ3) is 1.86. The SMILES string of the molecule is N#CC[C@H](N)c1c(F)ccc(F)c1F. The summed E-state index contributed by atoms with van der Waals surface area (Å²) in [5.41, 5.74) is 4.73. The molecule has 0 aliphatic carbocycles. The van der Waals surface area contributed by atoms with E-state index in [4.69, 9.17) is 11.0 Å². The van der Waals surface area contributed by atoms with Crippen LogP contribution in [-0.4, -0.2) is 0 Å². The first kappa shape index (κ1) is 10.5. The highest BCUT2D eigenvalue weighted by Crippen LogP contribution is 2.22. The van der Waals surface area contributed by atoms with Crippen LogP contribution in [0.5, 0.6) is 0 Å². The fourth-order valence-electron chi connectivity index (χ4n) is 1.08. The second-order valence-electron chi connectivity index (χ2n) is 2.73. The lowest BCUT2D eigenvalue weighted by Gasteiger charge is -2.10. The number of hydrogen-bond donors (Lipinski definition) is 1. The first-order valence-corrected chi connectivity index (χ1v) is 3.84. The van der Waals surface area contributed by atoms with Crippen molar-refractivity contribution >= 4 is 0 Å². The van der Waals surface area contributed by atoms with Crippen LogP contribution in [0.25, 0.3) is 0 Å². The van der Waals surface area contributed by atoms with Gasteiger partial charge in [-0.05, 0) is 12.1 Å². The third-order valence-electron chi connectivity index (χ3n) is 1.76. The van der Waals surface area contributed by atoms with Crippen LogP contribution in [0.4, 0.5) is 13.2 Å². The topological polar surface area (TPSA) is 49.8 Å². The minimum atomic E-state index is -1.33. The molecule has 0 saturated heterocycles. The average Bonchev–Trinajstić information content (AvgIpc) is 2.13. The minimum Gasteiger partial charge on any atom is -0.323 e. The van der Waals surface area contributed by atoms with Crippen LogP contribution >= 0.6 is 0 Å². The summed E-state index contributed by atoms with van der Waals surface area (Å²) in [7, 11) is 0. The second-order valence-corrected chi connectivity index (χ2v) is 2.73. The molecule has 5 heteroatoms. The predicted molar refractivity (Wildman–Crippen MR) is 43.5 cm³/mol. The Kier molecular flexibility index (Phi) is 3.10. The molecule has 0 bridgehead atoms. The second kappa shape index (κ2) is 4.11. The smallest absolute Gasteiger partial charge is 0.166 e. The summed E-state index contributed by atoms with van der Waals surface area (Å²) in [6.45, 7) is 0. The molecule has 0 saturated carbocycles. The van der Waals surface area contributed by atoms with E-state index in [1.165, 1.54) is 0 Å². The van der Waals surface area contributed by atoms with Crippen LogP contribution in [0.1, 0.15) is 18.0 Å². The van der Waals surface area contributed by atoms with Crippen molar-refractivity contribution in [3.05, 3.63) is 35.1 Å². The standard InChI is InChI=1S/C9H7F3N2/c10-5-1-2-6(11)9(12)8(5)7(14)3-4-13/h1-2,7H,3,14H2/t7-/m0/s1. The number of nitriles is 1. The van der Waals surface area contributed by atoms with E-state index in [1.807, 2.05) is 0 Å². The molecule has 0 fully saturated rings. The van der Waals surface area contributed by atoms with Crippen LogP contribution in [0.15, 0.2) is 12.1 Å². The van der Waals surface area contributed by atoms with Gasteiger partial charge in [0.15, 0.2) is 11.6 Å². The van der Waals surface area contributed by atoms with Gasteiger partial charge in [0.1, 0.15) is 5.82 Å².